The van der Waals surface area contributed by atoms with Gasteiger partial charge < -0.3 is 5.32 Å². The molecule has 1 heterocycles. The number of nitrogens with one attached hydrogen (secondary N) is 1. The minimum absolute atomic E-state index is 0.0795. The van der Waals surface area contributed by atoms with Crippen molar-refractivity contribution in [3.8, 4) is 0 Å². The normalized spacial score (nSPS) is 20.6. The molecule has 1 aliphatic heterocycles. The molecule has 1 N–H and O–H groups in total. The Hall–Kier alpha value is -0.580. The Morgan fingerprint density at radius 3 is 2.95 bits per heavy atom. The zero-order valence-corrected chi connectivity index (χ0v) is 13.5. The third kappa shape index (κ3) is 4.76. The molecule has 0 saturated carbocycles. The highest BCUT2D eigenvalue weighted by atomic mass is 32.2. The summed E-state index contributed by atoms with van der Waals surface area (Å²) in [5.74, 6) is 1.07. The third-order valence-electron chi connectivity index (χ3n) is 3.54. The minimum Gasteiger partial charge on any atom is -0.310 e. The van der Waals surface area contributed by atoms with Gasteiger partial charge in [0.1, 0.15) is 5.82 Å². The van der Waals surface area contributed by atoms with Gasteiger partial charge in [-0.2, -0.15) is 11.8 Å². The fourth-order valence-electron chi connectivity index (χ4n) is 2.46. The predicted octanol–water partition coefficient (Wildman–Crippen LogP) is 3.26. The van der Waals surface area contributed by atoms with Crippen molar-refractivity contribution in [2.24, 2.45) is 0 Å². The first-order chi connectivity index (χ1) is 9.54. The van der Waals surface area contributed by atoms with Crippen LogP contribution in [0.4, 0.5) is 4.39 Å². The van der Waals surface area contributed by atoms with Crippen LogP contribution < -0.4 is 5.32 Å². The Kier molecular flexibility index (Phi) is 5.87. The van der Waals surface area contributed by atoms with E-state index in [0.717, 1.165) is 43.1 Å². The van der Waals surface area contributed by atoms with Crippen LogP contribution in [0.25, 0.3) is 0 Å². The predicted molar refractivity (Wildman–Crippen MR) is 85.6 cm³/mol. The molecule has 1 saturated heterocycles. The molecule has 1 atom stereocenters. The SMILES string of the molecule is CC(C)NCc1ccc(F)c(CN2CCSC(C)C2)c1. The number of nitrogens with zero attached hydrogens (tertiary/aromatic N) is 1. The molecule has 0 amide bonds. The highest BCUT2D eigenvalue weighted by Crippen LogP contribution is 2.21. The highest BCUT2D eigenvalue weighted by Gasteiger charge is 2.18. The van der Waals surface area contributed by atoms with E-state index in [9.17, 15) is 4.39 Å². The molecule has 1 unspecified atom stereocenters. The molecule has 1 aromatic rings. The average Bonchev–Trinajstić information content (AvgIpc) is 2.39. The molecule has 2 rings (SSSR count). The Labute approximate surface area is 126 Å². The van der Waals surface area contributed by atoms with Crippen LogP contribution in [0.1, 0.15) is 31.9 Å². The molecule has 1 aromatic carbocycles. The molecule has 0 spiro atoms. The summed E-state index contributed by atoms with van der Waals surface area (Å²) in [6, 6.07) is 5.94. The van der Waals surface area contributed by atoms with Crippen molar-refractivity contribution in [2.45, 2.75) is 45.2 Å². The number of thioether (sulfide) groups is 1. The summed E-state index contributed by atoms with van der Waals surface area (Å²) in [5, 5.41) is 4.03. The highest BCUT2D eigenvalue weighted by molar-refractivity contribution is 7.99. The monoisotopic (exact) mass is 296 g/mol. The summed E-state index contributed by atoms with van der Waals surface area (Å²) in [6.45, 7) is 10.1. The van der Waals surface area contributed by atoms with Crippen LogP contribution in [0.5, 0.6) is 0 Å². The van der Waals surface area contributed by atoms with E-state index in [0.29, 0.717) is 11.3 Å². The molecule has 0 aliphatic carbocycles. The van der Waals surface area contributed by atoms with Crippen molar-refractivity contribution >= 4 is 11.8 Å². The van der Waals surface area contributed by atoms with Crippen molar-refractivity contribution in [1.29, 1.82) is 0 Å². The van der Waals surface area contributed by atoms with Gasteiger partial charge in [0.05, 0.1) is 0 Å². The second-order valence-corrected chi connectivity index (χ2v) is 7.42. The Balaban J connectivity index is 2.00. The fourth-order valence-corrected chi connectivity index (χ4v) is 3.54. The summed E-state index contributed by atoms with van der Waals surface area (Å²) in [7, 11) is 0. The van der Waals surface area contributed by atoms with Gasteiger partial charge >= 0.3 is 0 Å². The summed E-state index contributed by atoms with van der Waals surface area (Å²) >= 11 is 2.01. The number of benzene rings is 1. The van der Waals surface area contributed by atoms with Gasteiger partial charge in [-0.1, -0.05) is 32.9 Å². The van der Waals surface area contributed by atoms with Gasteiger partial charge in [0, 0.05) is 48.8 Å². The van der Waals surface area contributed by atoms with Crippen molar-refractivity contribution in [2.75, 3.05) is 18.8 Å². The molecule has 1 aliphatic rings. The van der Waals surface area contributed by atoms with Crippen LogP contribution in [0.15, 0.2) is 18.2 Å². The molecule has 0 bridgehead atoms. The van der Waals surface area contributed by atoms with Gasteiger partial charge in [-0.05, 0) is 11.6 Å². The quantitative estimate of drug-likeness (QED) is 0.898. The summed E-state index contributed by atoms with van der Waals surface area (Å²) in [4.78, 5) is 2.36. The molecule has 1 fully saturated rings. The van der Waals surface area contributed by atoms with Gasteiger partial charge in [-0.15, -0.1) is 0 Å². The van der Waals surface area contributed by atoms with E-state index in [1.807, 2.05) is 23.9 Å². The standard InChI is InChI=1S/C16H25FN2S/c1-12(2)18-9-14-4-5-16(17)15(8-14)11-19-6-7-20-13(3)10-19/h4-5,8,12-13,18H,6-7,9-11H2,1-3H3. The Morgan fingerprint density at radius 1 is 1.45 bits per heavy atom. The van der Waals surface area contributed by atoms with Crippen LogP contribution in [-0.4, -0.2) is 35.0 Å². The summed E-state index contributed by atoms with van der Waals surface area (Å²) in [5.41, 5.74) is 1.99. The molecule has 20 heavy (non-hydrogen) atoms. The van der Waals surface area contributed by atoms with E-state index >= 15 is 0 Å². The minimum atomic E-state index is -0.0795. The first-order valence-corrected chi connectivity index (χ1v) is 8.44. The fraction of sp³-hybridized carbons (Fsp3) is 0.625. The van der Waals surface area contributed by atoms with Crippen molar-refractivity contribution in [1.82, 2.24) is 10.2 Å². The van der Waals surface area contributed by atoms with Crippen LogP contribution in [0, 0.1) is 5.82 Å². The molecule has 112 valence electrons. The van der Waals surface area contributed by atoms with Gasteiger partial charge in [0.2, 0.25) is 0 Å². The topological polar surface area (TPSA) is 15.3 Å². The molecular formula is C16H25FN2S. The maximum absolute atomic E-state index is 14.0. The van der Waals surface area contributed by atoms with E-state index < -0.39 is 0 Å². The van der Waals surface area contributed by atoms with Crippen LogP contribution >= 0.6 is 11.8 Å². The third-order valence-corrected chi connectivity index (χ3v) is 4.68. The molecular weight excluding hydrogens is 271 g/mol. The van der Waals surface area contributed by atoms with Crippen molar-refractivity contribution in [3.63, 3.8) is 0 Å². The zero-order chi connectivity index (χ0) is 14.5. The lowest BCUT2D eigenvalue weighted by Gasteiger charge is -2.30. The second-order valence-electron chi connectivity index (χ2n) is 5.88. The molecule has 0 radical (unpaired) electrons. The number of halogens is 1. The molecule has 2 nitrogen and oxygen atoms in total. The van der Waals surface area contributed by atoms with Crippen LogP contribution in [-0.2, 0) is 13.1 Å². The second kappa shape index (κ2) is 7.43. The lowest BCUT2D eigenvalue weighted by Crippen LogP contribution is -2.36. The van der Waals surface area contributed by atoms with E-state index in [2.05, 4.69) is 31.0 Å². The lowest BCUT2D eigenvalue weighted by atomic mass is 10.1. The summed E-state index contributed by atoms with van der Waals surface area (Å²) in [6.07, 6.45) is 0. The first kappa shape index (κ1) is 15.8. The average molecular weight is 296 g/mol. The van der Waals surface area contributed by atoms with E-state index in [1.54, 1.807) is 6.07 Å². The van der Waals surface area contributed by atoms with Crippen LogP contribution in [0.2, 0.25) is 0 Å². The van der Waals surface area contributed by atoms with Gasteiger partial charge in [0.15, 0.2) is 0 Å². The number of hydrogen-bond acceptors (Lipinski definition) is 3. The van der Waals surface area contributed by atoms with Gasteiger partial charge in [-0.3, -0.25) is 4.90 Å². The summed E-state index contributed by atoms with van der Waals surface area (Å²) < 4.78 is 14.0. The van der Waals surface area contributed by atoms with Gasteiger partial charge in [-0.25, -0.2) is 4.39 Å². The van der Waals surface area contributed by atoms with Gasteiger partial charge in [0.25, 0.3) is 0 Å². The number of hydrogen-bond donors (Lipinski definition) is 1. The smallest absolute Gasteiger partial charge is 0.127 e. The largest absolute Gasteiger partial charge is 0.310 e. The number of rotatable bonds is 5. The zero-order valence-electron chi connectivity index (χ0n) is 12.7. The maximum atomic E-state index is 14.0. The Morgan fingerprint density at radius 2 is 2.25 bits per heavy atom. The lowest BCUT2D eigenvalue weighted by molar-refractivity contribution is 0.274. The van der Waals surface area contributed by atoms with Crippen molar-refractivity contribution < 1.29 is 4.39 Å². The first-order valence-electron chi connectivity index (χ1n) is 7.39. The molecule has 4 heteroatoms. The van der Waals surface area contributed by atoms with Crippen molar-refractivity contribution in [3.05, 3.63) is 35.1 Å². The van der Waals surface area contributed by atoms with E-state index in [4.69, 9.17) is 0 Å². The van der Waals surface area contributed by atoms with Crippen LogP contribution in [0.3, 0.4) is 0 Å². The maximum Gasteiger partial charge on any atom is 0.127 e. The van der Waals surface area contributed by atoms with E-state index in [1.165, 1.54) is 0 Å². The molecule has 0 aromatic heterocycles. The Bertz CT molecular complexity index is 436. The van der Waals surface area contributed by atoms with E-state index in [-0.39, 0.29) is 5.82 Å².